The van der Waals surface area contributed by atoms with Crippen LogP contribution < -0.4 is 5.73 Å². The van der Waals surface area contributed by atoms with Gasteiger partial charge in [-0.15, -0.1) is 0 Å². The van der Waals surface area contributed by atoms with E-state index in [1.54, 1.807) is 0 Å². The van der Waals surface area contributed by atoms with Crippen molar-refractivity contribution < 1.29 is 4.74 Å². The molecule has 0 saturated carbocycles. The van der Waals surface area contributed by atoms with E-state index >= 15 is 0 Å². The molecule has 1 heterocycles. The fourth-order valence-electron chi connectivity index (χ4n) is 1.92. The van der Waals surface area contributed by atoms with E-state index in [2.05, 4.69) is 17.9 Å². The van der Waals surface area contributed by atoms with Gasteiger partial charge < -0.3 is 10.5 Å². The number of nitrogen functional groups attached to an aromatic ring is 1. The quantitative estimate of drug-likeness (QED) is 0.745. The molecule has 0 spiro atoms. The normalized spacial score (nSPS) is 22.9. The maximum atomic E-state index is 5.76. The highest BCUT2D eigenvalue weighted by molar-refractivity contribution is 5.40. The van der Waals surface area contributed by atoms with Crippen molar-refractivity contribution in [1.82, 2.24) is 4.90 Å². The van der Waals surface area contributed by atoms with E-state index in [1.807, 2.05) is 18.2 Å². The van der Waals surface area contributed by atoms with Crippen LogP contribution in [-0.4, -0.2) is 30.7 Å². The molecule has 1 aromatic rings. The monoisotopic (exact) mass is 206 g/mol. The van der Waals surface area contributed by atoms with E-state index in [9.17, 15) is 0 Å². The molecule has 0 aromatic heterocycles. The Hall–Kier alpha value is -1.06. The first-order chi connectivity index (χ1) is 7.25. The smallest absolute Gasteiger partial charge is 0.0619 e. The second-order valence-corrected chi connectivity index (χ2v) is 4.14. The van der Waals surface area contributed by atoms with Crippen molar-refractivity contribution in [3.8, 4) is 0 Å². The molecule has 1 aliphatic heterocycles. The fraction of sp³-hybridized carbons (Fsp3) is 0.500. The summed E-state index contributed by atoms with van der Waals surface area (Å²) in [5, 5.41) is 0. The molecule has 2 N–H and O–H groups in total. The third-order valence-corrected chi connectivity index (χ3v) is 2.84. The van der Waals surface area contributed by atoms with Gasteiger partial charge in [-0.1, -0.05) is 12.1 Å². The fourth-order valence-corrected chi connectivity index (χ4v) is 1.92. The largest absolute Gasteiger partial charge is 0.399 e. The number of rotatable bonds is 2. The van der Waals surface area contributed by atoms with Gasteiger partial charge in [0.25, 0.3) is 0 Å². The van der Waals surface area contributed by atoms with Crippen LogP contribution in [0.15, 0.2) is 24.3 Å². The highest BCUT2D eigenvalue weighted by Crippen LogP contribution is 2.13. The molecule has 1 fully saturated rings. The van der Waals surface area contributed by atoms with Crippen molar-refractivity contribution in [2.24, 2.45) is 0 Å². The Kier molecular flexibility index (Phi) is 3.23. The third-order valence-electron chi connectivity index (χ3n) is 2.84. The third kappa shape index (κ3) is 2.70. The van der Waals surface area contributed by atoms with Gasteiger partial charge in [-0.25, -0.2) is 0 Å². The minimum absolute atomic E-state index is 0.500. The van der Waals surface area contributed by atoms with Gasteiger partial charge in [0.15, 0.2) is 0 Å². The summed E-state index contributed by atoms with van der Waals surface area (Å²) in [6.07, 6.45) is 0. The lowest BCUT2D eigenvalue weighted by Crippen LogP contribution is -2.42. The summed E-state index contributed by atoms with van der Waals surface area (Å²) in [6.45, 7) is 5.85. The van der Waals surface area contributed by atoms with E-state index in [0.29, 0.717) is 6.04 Å². The Morgan fingerprint density at radius 3 is 3.13 bits per heavy atom. The van der Waals surface area contributed by atoms with E-state index in [0.717, 1.165) is 32.0 Å². The molecule has 0 radical (unpaired) electrons. The van der Waals surface area contributed by atoms with Crippen LogP contribution in [0.1, 0.15) is 12.5 Å². The predicted molar refractivity (Wildman–Crippen MR) is 61.5 cm³/mol. The zero-order chi connectivity index (χ0) is 10.7. The van der Waals surface area contributed by atoms with Crippen LogP contribution in [0.25, 0.3) is 0 Å². The average molecular weight is 206 g/mol. The molecule has 3 nitrogen and oxygen atoms in total. The van der Waals surface area contributed by atoms with Gasteiger partial charge in [0.1, 0.15) is 0 Å². The minimum atomic E-state index is 0.500. The number of benzene rings is 1. The zero-order valence-electron chi connectivity index (χ0n) is 9.15. The summed E-state index contributed by atoms with van der Waals surface area (Å²) in [5.74, 6) is 0. The SMILES string of the molecule is CC1COCCN1Cc1cccc(N)c1. The molecule has 2 rings (SSSR count). The van der Waals surface area contributed by atoms with Crippen molar-refractivity contribution in [3.63, 3.8) is 0 Å². The highest BCUT2D eigenvalue weighted by Gasteiger charge is 2.18. The summed E-state index contributed by atoms with van der Waals surface area (Å²) in [5.41, 5.74) is 7.88. The molecule has 0 bridgehead atoms. The number of ether oxygens (including phenoxy) is 1. The topological polar surface area (TPSA) is 38.5 Å². The average Bonchev–Trinajstić information content (AvgIpc) is 2.22. The number of hydrogen-bond donors (Lipinski definition) is 1. The molecule has 3 heteroatoms. The standard InChI is InChI=1S/C12H18N2O/c1-10-9-15-6-5-14(10)8-11-3-2-4-12(13)7-11/h2-4,7,10H,5-6,8-9,13H2,1H3. The lowest BCUT2D eigenvalue weighted by molar-refractivity contribution is -0.00436. The molecule has 82 valence electrons. The van der Waals surface area contributed by atoms with E-state index in [-0.39, 0.29) is 0 Å². The first-order valence-corrected chi connectivity index (χ1v) is 5.42. The number of morpholine rings is 1. The Bertz CT molecular complexity index is 327. The van der Waals surface area contributed by atoms with Gasteiger partial charge in [-0.3, -0.25) is 4.90 Å². The predicted octanol–water partition coefficient (Wildman–Crippen LogP) is 1.49. The minimum Gasteiger partial charge on any atom is -0.399 e. The maximum Gasteiger partial charge on any atom is 0.0619 e. The lowest BCUT2D eigenvalue weighted by Gasteiger charge is -2.33. The van der Waals surface area contributed by atoms with Gasteiger partial charge in [-0.05, 0) is 24.6 Å². The van der Waals surface area contributed by atoms with Crippen LogP contribution in [0.3, 0.4) is 0 Å². The Morgan fingerprint density at radius 2 is 2.40 bits per heavy atom. The van der Waals surface area contributed by atoms with Crippen LogP contribution >= 0.6 is 0 Å². The summed E-state index contributed by atoms with van der Waals surface area (Å²) >= 11 is 0. The summed E-state index contributed by atoms with van der Waals surface area (Å²) in [4.78, 5) is 2.43. The van der Waals surface area contributed by atoms with Crippen molar-refractivity contribution in [2.45, 2.75) is 19.5 Å². The van der Waals surface area contributed by atoms with Gasteiger partial charge in [0, 0.05) is 24.8 Å². The molecule has 0 aliphatic carbocycles. The first-order valence-electron chi connectivity index (χ1n) is 5.42. The number of nitrogens with two attached hydrogens (primary N) is 1. The van der Waals surface area contributed by atoms with E-state index in [1.165, 1.54) is 5.56 Å². The van der Waals surface area contributed by atoms with Crippen molar-refractivity contribution in [1.29, 1.82) is 0 Å². The van der Waals surface area contributed by atoms with Crippen molar-refractivity contribution in [2.75, 3.05) is 25.5 Å². The van der Waals surface area contributed by atoms with Crippen molar-refractivity contribution in [3.05, 3.63) is 29.8 Å². The second-order valence-electron chi connectivity index (χ2n) is 4.14. The van der Waals surface area contributed by atoms with Gasteiger partial charge in [0.2, 0.25) is 0 Å². The summed E-state index contributed by atoms with van der Waals surface area (Å²) in [6, 6.07) is 8.60. The molecular formula is C12H18N2O. The first kappa shape index (κ1) is 10.5. The van der Waals surface area contributed by atoms with Crippen LogP contribution in [0, 0.1) is 0 Å². The van der Waals surface area contributed by atoms with E-state index in [4.69, 9.17) is 10.5 Å². The molecule has 1 unspecified atom stereocenters. The van der Waals surface area contributed by atoms with Gasteiger partial charge in [0.05, 0.1) is 13.2 Å². The van der Waals surface area contributed by atoms with Gasteiger partial charge in [-0.2, -0.15) is 0 Å². The summed E-state index contributed by atoms with van der Waals surface area (Å²) in [7, 11) is 0. The van der Waals surface area contributed by atoms with Crippen molar-refractivity contribution >= 4 is 5.69 Å². The summed E-state index contributed by atoms with van der Waals surface area (Å²) < 4.78 is 5.41. The highest BCUT2D eigenvalue weighted by atomic mass is 16.5. The van der Waals surface area contributed by atoms with Crippen LogP contribution in [0.5, 0.6) is 0 Å². The molecule has 1 saturated heterocycles. The Balaban J connectivity index is 2.01. The molecule has 15 heavy (non-hydrogen) atoms. The van der Waals surface area contributed by atoms with Gasteiger partial charge >= 0.3 is 0 Å². The van der Waals surface area contributed by atoms with Crippen LogP contribution in [0.2, 0.25) is 0 Å². The second kappa shape index (κ2) is 4.64. The molecular weight excluding hydrogens is 188 g/mol. The Morgan fingerprint density at radius 1 is 1.53 bits per heavy atom. The molecule has 1 aliphatic rings. The number of anilines is 1. The Labute approximate surface area is 90.8 Å². The molecule has 1 atom stereocenters. The lowest BCUT2D eigenvalue weighted by atomic mass is 10.1. The van der Waals surface area contributed by atoms with Crippen LogP contribution in [0.4, 0.5) is 5.69 Å². The van der Waals surface area contributed by atoms with E-state index < -0.39 is 0 Å². The number of nitrogens with zero attached hydrogens (tertiary/aromatic N) is 1. The van der Waals surface area contributed by atoms with Crippen LogP contribution in [-0.2, 0) is 11.3 Å². The maximum absolute atomic E-state index is 5.76. The molecule has 1 aromatic carbocycles. The molecule has 0 amide bonds. The zero-order valence-corrected chi connectivity index (χ0v) is 9.15. The number of hydrogen-bond acceptors (Lipinski definition) is 3.